The van der Waals surface area contributed by atoms with Crippen molar-refractivity contribution in [3.63, 3.8) is 0 Å². The van der Waals surface area contributed by atoms with Gasteiger partial charge in [0.25, 0.3) is 0 Å². The number of hydrogen-bond acceptors (Lipinski definition) is 2. The van der Waals surface area contributed by atoms with Crippen LogP contribution >= 0.6 is 15.9 Å². The van der Waals surface area contributed by atoms with Crippen molar-refractivity contribution in [1.82, 2.24) is 0 Å². The Morgan fingerprint density at radius 1 is 1.32 bits per heavy atom. The third kappa shape index (κ3) is 5.45. The van der Waals surface area contributed by atoms with Gasteiger partial charge in [0.2, 0.25) is 0 Å². The first-order chi connectivity index (χ1) is 10.3. The van der Waals surface area contributed by atoms with Crippen LogP contribution in [-0.2, 0) is 14.9 Å². The molecule has 0 heterocycles. The largest absolute Gasteiger partial charge is 0.456 e. The summed E-state index contributed by atoms with van der Waals surface area (Å²) in [5, 5.41) is 0.790. The number of halogens is 1. The van der Waals surface area contributed by atoms with Crippen molar-refractivity contribution in [3.8, 4) is 0 Å². The smallest absolute Gasteiger partial charge is 0.338 e. The Morgan fingerprint density at radius 3 is 2.50 bits per heavy atom. The van der Waals surface area contributed by atoms with Crippen LogP contribution in [0, 0.1) is 0 Å². The fraction of sp³-hybridized carbons (Fsp3) is 0.421. The van der Waals surface area contributed by atoms with Crippen molar-refractivity contribution in [2.75, 3.05) is 0 Å². The lowest BCUT2D eigenvalue weighted by Gasteiger charge is -2.22. The molecule has 2 nitrogen and oxygen atoms in total. The third-order valence-corrected chi connectivity index (χ3v) is 3.65. The number of benzene rings is 1. The quantitative estimate of drug-likeness (QED) is 0.291. The number of rotatable bonds is 5. The second kappa shape index (κ2) is 8.33. The molecule has 0 radical (unpaired) electrons. The molecule has 1 aromatic carbocycles. The van der Waals surface area contributed by atoms with Gasteiger partial charge in [0.15, 0.2) is 0 Å². The summed E-state index contributed by atoms with van der Waals surface area (Å²) < 4.78 is 5.54. The molecule has 0 bridgehead atoms. The predicted octanol–water partition coefficient (Wildman–Crippen LogP) is 5.66. The molecule has 0 spiro atoms. The monoisotopic (exact) mass is 364 g/mol. The maximum absolute atomic E-state index is 12.5. The normalized spacial score (nSPS) is 13.2. The lowest BCUT2D eigenvalue weighted by Crippen LogP contribution is -2.25. The first kappa shape index (κ1) is 18.7. The Hall–Kier alpha value is -1.35. The van der Waals surface area contributed by atoms with E-state index in [-0.39, 0.29) is 5.97 Å². The van der Waals surface area contributed by atoms with Gasteiger partial charge in [-0.1, -0.05) is 59.3 Å². The van der Waals surface area contributed by atoms with E-state index in [1.807, 2.05) is 45.9 Å². The van der Waals surface area contributed by atoms with Gasteiger partial charge in [-0.05, 0) is 50.8 Å². The molecule has 0 saturated heterocycles. The molecule has 0 unspecified atom stereocenters. The van der Waals surface area contributed by atoms with Crippen LogP contribution < -0.4 is 0 Å². The highest BCUT2D eigenvalue weighted by atomic mass is 79.9. The van der Waals surface area contributed by atoms with Crippen molar-refractivity contribution >= 4 is 27.5 Å². The standard InChI is InChI=1S/C19H25BrO2/c1-6-9-17(15-11-8-10-14(12-15)13-20)16(7-2)18(21)22-19(3,4)5/h7-12H,6,13H2,1-5H3/b16-7+,17-9-. The number of hydrogen-bond donors (Lipinski definition) is 0. The topological polar surface area (TPSA) is 26.3 Å². The van der Waals surface area contributed by atoms with Gasteiger partial charge < -0.3 is 4.74 Å². The Balaban J connectivity index is 3.23. The van der Waals surface area contributed by atoms with Crippen molar-refractivity contribution < 1.29 is 9.53 Å². The highest BCUT2D eigenvalue weighted by molar-refractivity contribution is 9.08. The summed E-state index contributed by atoms with van der Waals surface area (Å²) >= 11 is 3.48. The van der Waals surface area contributed by atoms with Gasteiger partial charge in [0.1, 0.15) is 5.60 Å². The predicted molar refractivity (Wildman–Crippen MR) is 96.9 cm³/mol. The second-order valence-corrected chi connectivity index (χ2v) is 6.63. The zero-order chi connectivity index (χ0) is 16.8. The van der Waals surface area contributed by atoms with E-state index in [0.717, 1.165) is 22.9 Å². The number of alkyl halides is 1. The van der Waals surface area contributed by atoms with Gasteiger partial charge in [-0.25, -0.2) is 4.79 Å². The Labute approximate surface area is 142 Å². The van der Waals surface area contributed by atoms with Crippen molar-refractivity contribution in [2.24, 2.45) is 0 Å². The zero-order valence-electron chi connectivity index (χ0n) is 14.1. The van der Waals surface area contributed by atoms with Crippen molar-refractivity contribution in [2.45, 2.75) is 52.0 Å². The van der Waals surface area contributed by atoms with Gasteiger partial charge >= 0.3 is 5.97 Å². The Kier molecular flexibility index (Phi) is 7.08. The number of carbonyl (C=O) groups is 1. The fourth-order valence-electron chi connectivity index (χ4n) is 2.13. The molecule has 0 N–H and O–H groups in total. The Bertz CT molecular complexity index is 577. The van der Waals surface area contributed by atoms with Crippen LogP contribution in [0.25, 0.3) is 5.57 Å². The van der Waals surface area contributed by atoms with E-state index in [0.29, 0.717) is 5.57 Å². The van der Waals surface area contributed by atoms with E-state index in [1.54, 1.807) is 0 Å². The molecule has 22 heavy (non-hydrogen) atoms. The molecular formula is C19H25BrO2. The maximum atomic E-state index is 12.5. The molecular weight excluding hydrogens is 340 g/mol. The average molecular weight is 365 g/mol. The molecule has 1 rings (SSSR count). The number of allylic oxidation sites excluding steroid dienone is 2. The van der Waals surface area contributed by atoms with Crippen LogP contribution in [0.1, 0.15) is 52.2 Å². The number of esters is 1. The molecule has 0 amide bonds. The van der Waals surface area contributed by atoms with Gasteiger partial charge in [0, 0.05) is 5.33 Å². The van der Waals surface area contributed by atoms with Gasteiger partial charge in [0.05, 0.1) is 5.57 Å². The van der Waals surface area contributed by atoms with Crippen LogP contribution in [0.4, 0.5) is 0 Å². The highest BCUT2D eigenvalue weighted by Gasteiger charge is 2.22. The van der Waals surface area contributed by atoms with Gasteiger partial charge in [-0.15, -0.1) is 0 Å². The van der Waals surface area contributed by atoms with Crippen LogP contribution in [0.3, 0.4) is 0 Å². The second-order valence-electron chi connectivity index (χ2n) is 6.06. The van der Waals surface area contributed by atoms with E-state index in [1.165, 1.54) is 5.56 Å². The zero-order valence-corrected chi connectivity index (χ0v) is 15.7. The number of carbonyl (C=O) groups excluding carboxylic acids is 1. The molecule has 0 saturated carbocycles. The highest BCUT2D eigenvalue weighted by Crippen LogP contribution is 2.27. The van der Waals surface area contributed by atoms with Crippen LogP contribution in [-0.4, -0.2) is 11.6 Å². The lowest BCUT2D eigenvalue weighted by molar-refractivity contribution is -0.149. The minimum Gasteiger partial charge on any atom is -0.456 e. The van der Waals surface area contributed by atoms with Crippen LogP contribution in [0.5, 0.6) is 0 Å². The van der Waals surface area contributed by atoms with E-state index >= 15 is 0 Å². The first-order valence-corrected chi connectivity index (χ1v) is 8.70. The van der Waals surface area contributed by atoms with Gasteiger partial charge in [-0.2, -0.15) is 0 Å². The molecule has 0 aliphatic heterocycles. The molecule has 3 heteroatoms. The SMILES string of the molecule is C/C=C(C(=O)OC(C)(C)C)\C(=C/CC)c1cccc(CBr)c1. The lowest BCUT2D eigenvalue weighted by atomic mass is 9.95. The van der Waals surface area contributed by atoms with E-state index < -0.39 is 5.60 Å². The van der Waals surface area contributed by atoms with E-state index in [4.69, 9.17) is 4.74 Å². The third-order valence-electron chi connectivity index (χ3n) is 3.00. The number of ether oxygens (including phenoxy) is 1. The molecule has 1 aromatic rings. The molecule has 0 aliphatic carbocycles. The fourth-order valence-corrected chi connectivity index (χ4v) is 2.47. The van der Waals surface area contributed by atoms with E-state index in [9.17, 15) is 4.79 Å². The van der Waals surface area contributed by atoms with Crippen molar-refractivity contribution in [3.05, 3.63) is 53.1 Å². The van der Waals surface area contributed by atoms with Crippen LogP contribution in [0.2, 0.25) is 0 Å². The Morgan fingerprint density at radius 2 is 2.00 bits per heavy atom. The molecule has 0 fully saturated rings. The first-order valence-electron chi connectivity index (χ1n) is 7.57. The molecule has 0 atom stereocenters. The van der Waals surface area contributed by atoms with Crippen molar-refractivity contribution in [1.29, 1.82) is 0 Å². The summed E-state index contributed by atoms with van der Waals surface area (Å²) in [4.78, 5) is 12.5. The van der Waals surface area contributed by atoms with E-state index in [2.05, 4.69) is 41.1 Å². The summed E-state index contributed by atoms with van der Waals surface area (Å²) in [7, 11) is 0. The van der Waals surface area contributed by atoms with Gasteiger partial charge in [-0.3, -0.25) is 0 Å². The minimum atomic E-state index is -0.500. The van der Waals surface area contributed by atoms with Crippen LogP contribution in [0.15, 0.2) is 42.0 Å². The summed E-state index contributed by atoms with van der Waals surface area (Å²) in [6, 6.07) is 8.20. The summed E-state index contributed by atoms with van der Waals surface area (Å²) in [5.74, 6) is -0.279. The minimum absolute atomic E-state index is 0.279. The molecule has 0 aromatic heterocycles. The molecule has 0 aliphatic rings. The summed E-state index contributed by atoms with van der Waals surface area (Å²) in [6.45, 7) is 9.58. The summed E-state index contributed by atoms with van der Waals surface area (Å²) in [5.41, 5.74) is 3.27. The average Bonchev–Trinajstić information content (AvgIpc) is 2.45. The molecule has 120 valence electrons. The summed E-state index contributed by atoms with van der Waals surface area (Å²) in [6.07, 6.45) is 4.76. The maximum Gasteiger partial charge on any atom is 0.338 e.